The maximum atomic E-state index is 13.0. The van der Waals surface area contributed by atoms with Crippen molar-refractivity contribution >= 4 is 23.3 Å². The molecule has 0 aliphatic carbocycles. The van der Waals surface area contributed by atoms with Crippen LogP contribution in [0.25, 0.3) is 0 Å². The summed E-state index contributed by atoms with van der Waals surface area (Å²) in [5, 5.41) is 3.06. The number of rotatable bonds is 6. The molecule has 0 saturated carbocycles. The number of carbonyl (C=O) groups excluding carboxylic acids is 2. The zero-order valence-corrected chi connectivity index (χ0v) is 17.2. The molecular formula is C22H27N5O3. The third kappa shape index (κ3) is 4.59. The van der Waals surface area contributed by atoms with Gasteiger partial charge in [0.05, 0.1) is 17.8 Å². The van der Waals surface area contributed by atoms with Crippen molar-refractivity contribution in [2.24, 2.45) is 5.92 Å². The lowest BCUT2D eigenvalue weighted by Crippen LogP contribution is -2.44. The van der Waals surface area contributed by atoms with Crippen LogP contribution in [0.5, 0.6) is 0 Å². The summed E-state index contributed by atoms with van der Waals surface area (Å²) < 4.78 is 5.43. The first-order valence-corrected chi connectivity index (χ1v) is 10.4. The van der Waals surface area contributed by atoms with Crippen LogP contribution >= 0.6 is 0 Å². The van der Waals surface area contributed by atoms with Crippen LogP contribution in [0.2, 0.25) is 0 Å². The van der Waals surface area contributed by atoms with E-state index in [2.05, 4.69) is 15.3 Å². The number of nitrogens with zero attached hydrogens (tertiary/aromatic N) is 4. The molecule has 0 bridgehead atoms. The molecule has 8 heteroatoms. The van der Waals surface area contributed by atoms with Gasteiger partial charge in [0.25, 0.3) is 5.91 Å². The topological polar surface area (TPSA) is 87.7 Å². The number of likely N-dealkylation sites (N-methyl/N-ethyl adjacent to an activating group) is 1. The second kappa shape index (κ2) is 9.21. The average Bonchev–Trinajstić information content (AvgIpc) is 2.80. The maximum Gasteiger partial charge on any atom is 0.255 e. The van der Waals surface area contributed by atoms with E-state index in [4.69, 9.17) is 4.74 Å². The van der Waals surface area contributed by atoms with Crippen LogP contribution in [0, 0.1) is 5.92 Å². The minimum absolute atomic E-state index is 0.00361. The fraction of sp³-hybridized carbons (Fsp3) is 0.455. The first-order valence-electron chi connectivity index (χ1n) is 10.4. The summed E-state index contributed by atoms with van der Waals surface area (Å²) >= 11 is 0. The van der Waals surface area contributed by atoms with Crippen molar-refractivity contribution in [2.45, 2.75) is 19.3 Å². The molecule has 4 heterocycles. The molecule has 2 amide bonds. The maximum absolute atomic E-state index is 13.0. The number of ether oxygens (including phenoxy) is 1. The van der Waals surface area contributed by atoms with Crippen LogP contribution in [0.15, 0.2) is 36.7 Å². The molecule has 2 aliphatic rings. The van der Waals surface area contributed by atoms with Gasteiger partial charge >= 0.3 is 0 Å². The summed E-state index contributed by atoms with van der Waals surface area (Å²) in [6.07, 6.45) is 5.89. The average molecular weight is 409 g/mol. The molecule has 0 aromatic carbocycles. The predicted molar refractivity (Wildman–Crippen MR) is 114 cm³/mol. The monoisotopic (exact) mass is 409 g/mol. The Bertz CT molecular complexity index is 899. The van der Waals surface area contributed by atoms with Gasteiger partial charge in [-0.2, -0.15) is 0 Å². The third-order valence-corrected chi connectivity index (χ3v) is 5.67. The molecule has 2 aliphatic heterocycles. The minimum Gasteiger partial charge on any atom is -0.381 e. The van der Waals surface area contributed by atoms with Gasteiger partial charge in [-0.05, 0) is 37.0 Å². The van der Waals surface area contributed by atoms with E-state index in [0.717, 1.165) is 31.7 Å². The summed E-state index contributed by atoms with van der Waals surface area (Å²) in [4.78, 5) is 37.7. The molecule has 30 heavy (non-hydrogen) atoms. The zero-order valence-electron chi connectivity index (χ0n) is 17.2. The highest BCUT2D eigenvalue weighted by molar-refractivity contribution is 6.04. The Hall–Kier alpha value is -3.00. The molecule has 4 rings (SSSR count). The van der Waals surface area contributed by atoms with Crippen molar-refractivity contribution in [3.8, 4) is 0 Å². The molecule has 1 N–H and O–H groups in total. The van der Waals surface area contributed by atoms with E-state index >= 15 is 0 Å². The lowest BCUT2D eigenvalue weighted by molar-refractivity contribution is -0.117. The lowest BCUT2D eigenvalue weighted by atomic mass is 9.99. The molecule has 0 spiro atoms. The summed E-state index contributed by atoms with van der Waals surface area (Å²) in [7, 11) is 1.77. The molecular weight excluding hydrogens is 382 g/mol. The Kier molecular flexibility index (Phi) is 6.23. The molecule has 1 fully saturated rings. The van der Waals surface area contributed by atoms with E-state index in [0.29, 0.717) is 42.5 Å². The van der Waals surface area contributed by atoms with Crippen molar-refractivity contribution in [1.29, 1.82) is 0 Å². The van der Waals surface area contributed by atoms with Gasteiger partial charge in [0, 0.05) is 57.9 Å². The first-order chi connectivity index (χ1) is 14.6. The van der Waals surface area contributed by atoms with Gasteiger partial charge < -0.3 is 19.9 Å². The number of fused-ring (bicyclic) bond motifs is 1. The number of anilines is 2. The smallest absolute Gasteiger partial charge is 0.255 e. The van der Waals surface area contributed by atoms with Gasteiger partial charge in [0.1, 0.15) is 5.82 Å². The van der Waals surface area contributed by atoms with Gasteiger partial charge in [-0.3, -0.25) is 14.6 Å². The largest absolute Gasteiger partial charge is 0.381 e. The van der Waals surface area contributed by atoms with Crippen molar-refractivity contribution in [1.82, 2.24) is 14.9 Å². The zero-order chi connectivity index (χ0) is 20.9. The van der Waals surface area contributed by atoms with E-state index in [9.17, 15) is 9.59 Å². The molecule has 2 aromatic rings. The molecule has 2 aromatic heterocycles. The molecule has 0 unspecified atom stereocenters. The first kappa shape index (κ1) is 20.3. The molecule has 0 radical (unpaired) electrons. The van der Waals surface area contributed by atoms with Gasteiger partial charge in [-0.1, -0.05) is 6.07 Å². The summed E-state index contributed by atoms with van der Waals surface area (Å²) in [5.74, 6) is 0.928. The summed E-state index contributed by atoms with van der Waals surface area (Å²) in [6, 6.07) is 7.54. The van der Waals surface area contributed by atoms with E-state index in [1.165, 1.54) is 0 Å². The lowest BCUT2D eigenvalue weighted by Gasteiger charge is -2.34. The van der Waals surface area contributed by atoms with Crippen LogP contribution in [0.4, 0.5) is 11.5 Å². The van der Waals surface area contributed by atoms with Crippen LogP contribution in [-0.4, -0.2) is 66.6 Å². The fourth-order valence-electron chi connectivity index (χ4n) is 3.84. The highest BCUT2D eigenvalue weighted by atomic mass is 16.5. The highest BCUT2D eigenvalue weighted by Gasteiger charge is 2.29. The second-order valence-electron chi connectivity index (χ2n) is 7.80. The third-order valence-electron chi connectivity index (χ3n) is 5.67. The second-order valence-corrected chi connectivity index (χ2v) is 7.80. The van der Waals surface area contributed by atoms with E-state index < -0.39 is 0 Å². The van der Waals surface area contributed by atoms with Crippen molar-refractivity contribution in [3.05, 3.63) is 47.9 Å². The summed E-state index contributed by atoms with van der Waals surface area (Å²) in [6.45, 7) is 2.87. The van der Waals surface area contributed by atoms with Gasteiger partial charge in [0.15, 0.2) is 0 Å². The quantitative estimate of drug-likeness (QED) is 0.785. The molecule has 1 saturated heterocycles. The standard InChI is InChI=1S/C22H27N5O3/c1-26(9-5-18-4-2-3-8-23-18)22(29)17-12-19-21(24-13-17)25-14-20(28)27(19)15-16-6-10-30-11-7-16/h2-4,8,12-13,16H,5-7,9-11,14-15H2,1H3,(H,24,25). The number of pyridine rings is 2. The highest BCUT2D eigenvalue weighted by Crippen LogP contribution is 2.31. The van der Waals surface area contributed by atoms with Crippen LogP contribution < -0.4 is 10.2 Å². The SMILES string of the molecule is CN(CCc1ccccn1)C(=O)c1cnc2c(c1)N(CC1CCOCC1)C(=O)CN2. The fourth-order valence-corrected chi connectivity index (χ4v) is 3.84. The number of aromatic nitrogens is 2. The van der Waals surface area contributed by atoms with E-state index in [1.807, 2.05) is 18.2 Å². The van der Waals surface area contributed by atoms with Crippen LogP contribution in [-0.2, 0) is 16.0 Å². The number of hydrogen-bond acceptors (Lipinski definition) is 6. The number of nitrogens with one attached hydrogen (secondary N) is 1. The molecule has 158 valence electrons. The van der Waals surface area contributed by atoms with Crippen molar-refractivity contribution in [3.63, 3.8) is 0 Å². The van der Waals surface area contributed by atoms with Crippen molar-refractivity contribution < 1.29 is 14.3 Å². The normalized spacial score (nSPS) is 16.7. The van der Waals surface area contributed by atoms with Crippen LogP contribution in [0.1, 0.15) is 28.9 Å². The number of hydrogen-bond donors (Lipinski definition) is 1. The summed E-state index contributed by atoms with van der Waals surface area (Å²) in [5.41, 5.74) is 2.10. The van der Waals surface area contributed by atoms with Gasteiger partial charge in [-0.15, -0.1) is 0 Å². The molecule has 8 nitrogen and oxygen atoms in total. The Morgan fingerprint density at radius 1 is 1.30 bits per heavy atom. The van der Waals surface area contributed by atoms with Gasteiger partial charge in [0.2, 0.25) is 5.91 Å². The van der Waals surface area contributed by atoms with E-state index in [-0.39, 0.29) is 18.4 Å². The number of carbonyl (C=O) groups is 2. The molecule has 0 atom stereocenters. The van der Waals surface area contributed by atoms with Gasteiger partial charge in [-0.25, -0.2) is 4.98 Å². The minimum atomic E-state index is -0.120. The Labute approximate surface area is 176 Å². The van der Waals surface area contributed by atoms with Crippen molar-refractivity contribution in [2.75, 3.05) is 50.1 Å². The number of amides is 2. The van der Waals surface area contributed by atoms with Crippen LogP contribution in [0.3, 0.4) is 0 Å². The van der Waals surface area contributed by atoms with E-state index in [1.54, 1.807) is 35.3 Å². The Balaban J connectivity index is 1.48. The predicted octanol–water partition coefficient (Wildman–Crippen LogP) is 1.98. The Morgan fingerprint density at radius 3 is 2.90 bits per heavy atom. The Morgan fingerprint density at radius 2 is 2.13 bits per heavy atom.